The predicted octanol–water partition coefficient (Wildman–Crippen LogP) is 3.77. The molecule has 1 aliphatic carbocycles. The average Bonchev–Trinajstić information content (AvgIpc) is 3.43. The summed E-state index contributed by atoms with van der Waals surface area (Å²) in [4.78, 5) is 16.2. The van der Waals surface area contributed by atoms with E-state index in [2.05, 4.69) is 21.4 Å². The standard InChI is InChI=1S/C23H23N5O2/c1-14-17(12-24)7-9-22(25-14)28-20(15-4-2-3-5-15)11-19(27-28)16-6-8-18-21(10-16)30-13-23(29)26-18/h6-10,15,20H,2-5,11,13H2,1H3,(H,26,29). The average molecular weight is 401 g/mol. The summed E-state index contributed by atoms with van der Waals surface area (Å²) >= 11 is 0. The van der Waals surface area contributed by atoms with Crippen molar-refractivity contribution in [1.29, 1.82) is 5.26 Å². The van der Waals surface area contributed by atoms with Crippen molar-refractivity contribution < 1.29 is 9.53 Å². The highest BCUT2D eigenvalue weighted by molar-refractivity contribution is 6.04. The van der Waals surface area contributed by atoms with E-state index in [4.69, 9.17) is 9.84 Å². The van der Waals surface area contributed by atoms with Crippen molar-refractivity contribution in [3.05, 3.63) is 47.2 Å². The molecule has 1 fully saturated rings. The van der Waals surface area contributed by atoms with Gasteiger partial charge in [-0.15, -0.1) is 0 Å². The molecule has 1 unspecified atom stereocenters. The lowest BCUT2D eigenvalue weighted by Crippen LogP contribution is -2.33. The molecule has 2 aromatic rings. The largest absolute Gasteiger partial charge is 0.482 e. The number of carbonyl (C=O) groups is 1. The third kappa shape index (κ3) is 3.28. The van der Waals surface area contributed by atoms with Crippen molar-refractivity contribution >= 4 is 23.1 Å². The first kappa shape index (κ1) is 18.6. The van der Waals surface area contributed by atoms with Crippen molar-refractivity contribution in [3.8, 4) is 11.8 Å². The fraction of sp³-hybridized carbons (Fsp3) is 0.391. The van der Waals surface area contributed by atoms with Gasteiger partial charge in [0.25, 0.3) is 5.91 Å². The van der Waals surface area contributed by atoms with E-state index >= 15 is 0 Å². The molecule has 5 rings (SSSR count). The van der Waals surface area contributed by atoms with E-state index in [1.165, 1.54) is 25.7 Å². The molecule has 1 aromatic carbocycles. The fourth-order valence-electron chi connectivity index (χ4n) is 4.68. The highest BCUT2D eigenvalue weighted by Gasteiger charge is 2.37. The highest BCUT2D eigenvalue weighted by atomic mass is 16.5. The van der Waals surface area contributed by atoms with Gasteiger partial charge in [0.05, 0.1) is 28.7 Å². The molecule has 1 atom stereocenters. The van der Waals surface area contributed by atoms with Gasteiger partial charge in [-0.25, -0.2) is 9.99 Å². The topological polar surface area (TPSA) is 90.6 Å². The first-order valence-electron chi connectivity index (χ1n) is 10.4. The van der Waals surface area contributed by atoms with Crippen LogP contribution < -0.4 is 15.1 Å². The number of nitrogens with zero attached hydrogens (tertiary/aromatic N) is 4. The molecule has 0 spiro atoms. The second kappa shape index (κ2) is 7.45. The molecule has 1 N–H and O–H groups in total. The van der Waals surface area contributed by atoms with Crippen molar-refractivity contribution in [2.24, 2.45) is 11.0 Å². The maximum Gasteiger partial charge on any atom is 0.262 e. The molecule has 1 aromatic heterocycles. The van der Waals surface area contributed by atoms with Gasteiger partial charge in [0.1, 0.15) is 17.6 Å². The number of ether oxygens (including phenoxy) is 1. The summed E-state index contributed by atoms with van der Waals surface area (Å²) < 4.78 is 5.59. The Morgan fingerprint density at radius 2 is 2.07 bits per heavy atom. The summed E-state index contributed by atoms with van der Waals surface area (Å²) in [6.07, 6.45) is 5.78. The number of nitrogens with one attached hydrogen (secondary N) is 1. The van der Waals surface area contributed by atoms with Crippen LogP contribution in [0.3, 0.4) is 0 Å². The summed E-state index contributed by atoms with van der Waals surface area (Å²) in [5.74, 6) is 1.92. The van der Waals surface area contributed by atoms with Gasteiger partial charge in [-0.05, 0) is 49.9 Å². The first-order chi connectivity index (χ1) is 14.6. The maximum atomic E-state index is 11.5. The number of amides is 1. The number of hydrogen-bond acceptors (Lipinski definition) is 6. The van der Waals surface area contributed by atoms with Crippen molar-refractivity contribution in [1.82, 2.24) is 4.98 Å². The van der Waals surface area contributed by atoms with Crippen LogP contribution in [-0.2, 0) is 4.79 Å². The molecule has 1 amide bonds. The zero-order valence-corrected chi connectivity index (χ0v) is 16.9. The number of aryl methyl sites for hydroxylation is 1. The summed E-state index contributed by atoms with van der Waals surface area (Å²) in [5, 5.41) is 19.1. The van der Waals surface area contributed by atoms with Crippen molar-refractivity contribution in [2.45, 2.75) is 45.1 Å². The number of hydrazone groups is 1. The van der Waals surface area contributed by atoms with Crippen LogP contribution in [0.1, 0.15) is 48.9 Å². The van der Waals surface area contributed by atoms with E-state index in [1.807, 2.05) is 37.3 Å². The Balaban J connectivity index is 1.50. The van der Waals surface area contributed by atoms with Crippen LogP contribution in [0, 0.1) is 24.2 Å². The molecule has 7 heteroatoms. The second-order valence-electron chi connectivity index (χ2n) is 8.17. The Bertz CT molecular complexity index is 1080. The minimum absolute atomic E-state index is 0.0359. The van der Waals surface area contributed by atoms with Crippen LogP contribution in [0.2, 0.25) is 0 Å². The van der Waals surface area contributed by atoms with E-state index in [-0.39, 0.29) is 18.6 Å². The Kier molecular flexibility index (Phi) is 4.62. The zero-order valence-electron chi connectivity index (χ0n) is 16.9. The Morgan fingerprint density at radius 3 is 2.83 bits per heavy atom. The SMILES string of the molecule is Cc1nc(N2N=C(c3ccc4c(c3)OCC(=O)N4)CC2C2CCCC2)ccc1C#N. The molecular formula is C23H23N5O2. The minimum Gasteiger partial charge on any atom is -0.482 e. The molecule has 7 nitrogen and oxygen atoms in total. The Morgan fingerprint density at radius 1 is 1.23 bits per heavy atom. The van der Waals surface area contributed by atoms with E-state index in [0.29, 0.717) is 22.9 Å². The van der Waals surface area contributed by atoms with Crippen molar-refractivity contribution in [2.75, 3.05) is 16.9 Å². The molecule has 2 aliphatic heterocycles. The molecule has 3 aliphatic rings. The zero-order chi connectivity index (χ0) is 20.7. The highest BCUT2D eigenvalue weighted by Crippen LogP contribution is 2.38. The van der Waals surface area contributed by atoms with Crippen LogP contribution in [-0.4, -0.2) is 29.3 Å². The lowest BCUT2D eigenvalue weighted by molar-refractivity contribution is -0.118. The van der Waals surface area contributed by atoms with Crippen LogP contribution in [0.15, 0.2) is 35.4 Å². The van der Waals surface area contributed by atoms with Crippen LogP contribution in [0.5, 0.6) is 5.75 Å². The van der Waals surface area contributed by atoms with E-state index in [0.717, 1.165) is 29.2 Å². The number of carbonyl (C=O) groups excluding carboxylic acids is 1. The van der Waals surface area contributed by atoms with E-state index < -0.39 is 0 Å². The number of pyridine rings is 1. The maximum absolute atomic E-state index is 11.5. The number of hydrogen-bond donors (Lipinski definition) is 1. The first-order valence-corrected chi connectivity index (χ1v) is 10.4. The van der Waals surface area contributed by atoms with Gasteiger partial charge in [-0.2, -0.15) is 10.4 Å². The fourth-order valence-corrected chi connectivity index (χ4v) is 4.68. The number of rotatable bonds is 3. The molecule has 152 valence electrons. The summed E-state index contributed by atoms with van der Waals surface area (Å²) in [6, 6.07) is 12.0. The molecule has 30 heavy (non-hydrogen) atoms. The summed E-state index contributed by atoms with van der Waals surface area (Å²) in [5.41, 5.74) is 4.01. The lowest BCUT2D eigenvalue weighted by Gasteiger charge is -2.27. The van der Waals surface area contributed by atoms with Crippen LogP contribution >= 0.6 is 0 Å². The van der Waals surface area contributed by atoms with Gasteiger partial charge in [0.15, 0.2) is 6.61 Å². The third-order valence-corrected chi connectivity index (χ3v) is 6.26. The van der Waals surface area contributed by atoms with Gasteiger partial charge in [0.2, 0.25) is 0 Å². The predicted molar refractivity (Wildman–Crippen MR) is 114 cm³/mol. The van der Waals surface area contributed by atoms with Gasteiger partial charge in [0, 0.05) is 12.0 Å². The van der Waals surface area contributed by atoms with E-state index in [1.54, 1.807) is 0 Å². The molecule has 3 heterocycles. The number of aromatic nitrogens is 1. The summed E-state index contributed by atoms with van der Waals surface area (Å²) in [7, 11) is 0. The quantitative estimate of drug-likeness (QED) is 0.846. The van der Waals surface area contributed by atoms with Gasteiger partial charge < -0.3 is 10.1 Å². The van der Waals surface area contributed by atoms with E-state index in [9.17, 15) is 10.1 Å². The van der Waals surface area contributed by atoms with Gasteiger partial charge >= 0.3 is 0 Å². The number of benzene rings is 1. The van der Waals surface area contributed by atoms with Gasteiger partial charge in [-0.1, -0.05) is 18.9 Å². The monoisotopic (exact) mass is 401 g/mol. The Hall–Kier alpha value is -3.40. The van der Waals surface area contributed by atoms with Gasteiger partial charge in [-0.3, -0.25) is 4.79 Å². The third-order valence-electron chi connectivity index (χ3n) is 6.26. The molecule has 0 radical (unpaired) electrons. The van der Waals surface area contributed by atoms with Crippen LogP contribution in [0.4, 0.5) is 11.5 Å². The number of nitriles is 1. The molecular weight excluding hydrogens is 378 g/mol. The van der Waals surface area contributed by atoms with Crippen molar-refractivity contribution in [3.63, 3.8) is 0 Å². The second-order valence-corrected chi connectivity index (χ2v) is 8.17. The minimum atomic E-state index is -0.136. The number of anilines is 2. The lowest BCUT2D eigenvalue weighted by atomic mass is 9.92. The smallest absolute Gasteiger partial charge is 0.262 e. The molecule has 1 saturated carbocycles. The Labute approximate surface area is 175 Å². The van der Waals surface area contributed by atoms with Crippen LogP contribution in [0.25, 0.3) is 0 Å². The summed E-state index contributed by atoms with van der Waals surface area (Å²) in [6.45, 7) is 1.90. The molecule has 0 saturated heterocycles. The number of fused-ring (bicyclic) bond motifs is 1. The normalized spacial score (nSPS) is 20.9. The molecule has 0 bridgehead atoms.